The Bertz CT molecular complexity index is 1980. The van der Waals surface area contributed by atoms with E-state index in [0.29, 0.717) is 6.54 Å². The van der Waals surface area contributed by atoms with Crippen LogP contribution in [-0.2, 0) is 0 Å². The molecule has 5 heterocycles. The molecule has 1 saturated carbocycles. The van der Waals surface area contributed by atoms with Gasteiger partial charge in [-0.1, -0.05) is 17.7 Å². The van der Waals surface area contributed by atoms with Gasteiger partial charge in [0.25, 0.3) is 5.92 Å². The van der Waals surface area contributed by atoms with Gasteiger partial charge in [-0.05, 0) is 31.0 Å². The summed E-state index contributed by atoms with van der Waals surface area (Å²) in [6, 6.07) is 3.62. The van der Waals surface area contributed by atoms with Gasteiger partial charge < -0.3 is 20.1 Å². The molecule has 1 aliphatic carbocycles. The average Bonchev–Trinajstić information content (AvgIpc) is 3.59. The maximum atomic E-state index is 17.0. The fourth-order valence-electron chi connectivity index (χ4n) is 7.59. The lowest BCUT2D eigenvalue weighted by Crippen LogP contribution is -2.52. The number of hydrogen-bond acceptors (Lipinski definition) is 9. The molecule has 4 aliphatic rings. The Hall–Kier alpha value is -3.67. The Morgan fingerprint density at radius 1 is 1.17 bits per heavy atom. The number of alkyl halides is 3. The van der Waals surface area contributed by atoms with Gasteiger partial charge in [-0.2, -0.15) is 15.2 Å². The second-order valence-corrected chi connectivity index (χ2v) is 13.9. The van der Waals surface area contributed by atoms with Crippen LogP contribution in [0, 0.1) is 23.0 Å². The normalized spacial score (nSPS) is 24.1. The fourth-order valence-corrected chi connectivity index (χ4v) is 8.88. The maximum absolute atomic E-state index is 17.0. The van der Waals surface area contributed by atoms with Crippen LogP contribution in [0.25, 0.3) is 32.1 Å². The van der Waals surface area contributed by atoms with Gasteiger partial charge in [0.15, 0.2) is 11.6 Å². The zero-order chi connectivity index (χ0) is 32.1. The number of thiophene rings is 1. The molecule has 2 aromatic carbocycles. The number of nitrogen functional groups attached to an aromatic ring is 1. The summed E-state index contributed by atoms with van der Waals surface area (Å²) >= 11 is 7.75. The minimum absolute atomic E-state index is 0.0121. The van der Waals surface area contributed by atoms with Gasteiger partial charge in [-0.3, -0.25) is 4.90 Å². The van der Waals surface area contributed by atoms with Gasteiger partial charge in [0, 0.05) is 42.8 Å². The highest BCUT2D eigenvalue weighted by Crippen LogP contribution is 2.52. The number of benzene rings is 2. The van der Waals surface area contributed by atoms with Crippen molar-refractivity contribution in [2.24, 2.45) is 0 Å². The number of nitrogens with two attached hydrogens (primary N) is 1. The molecule has 0 unspecified atom stereocenters. The van der Waals surface area contributed by atoms with Crippen molar-refractivity contribution in [3.63, 3.8) is 0 Å². The summed E-state index contributed by atoms with van der Waals surface area (Å²) in [5, 5.41) is 9.92. The van der Waals surface area contributed by atoms with Crippen LogP contribution in [0.5, 0.6) is 11.8 Å². The van der Waals surface area contributed by atoms with Crippen LogP contribution in [0.3, 0.4) is 0 Å². The summed E-state index contributed by atoms with van der Waals surface area (Å²) < 4.78 is 86.7. The first-order valence-electron chi connectivity index (χ1n) is 14.9. The molecule has 8 nitrogen and oxygen atoms in total. The Kier molecular flexibility index (Phi) is 6.73. The van der Waals surface area contributed by atoms with Crippen molar-refractivity contribution in [2.45, 2.75) is 55.8 Å². The standard InChI is InChI=1S/C31H26ClF5N6O2S/c32-22-20(16-2-3-18(34)26-19(16)17(11-38)27(39)46-26)23(35)24-21-25(22)44-7-6-43(15-9-31(36,37)10-15)28(21)41-29(40-24)45-13-30-4-1-5-42(30)12-14(33)8-30/h2-3,14-15H,1,4-10,12-13,39H2/t14-,30+/m1/s1. The quantitative estimate of drug-likeness (QED) is 0.229. The lowest BCUT2D eigenvalue weighted by molar-refractivity contribution is -0.0860. The van der Waals surface area contributed by atoms with Crippen LogP contribution < -0.4 is 20.1 Å². The molecular weight excluding hydrogens is 651 g/mol. The van der Waals surface area contributed by atoms with Gasteiger partial charge >= 0.3 is 6.01 Å². The second kappa shape index (κ2) is 10.4. The van der Waals surface area contributed by atoms with Crippen LogP contribution in [0.4, 0.5) is 32.8 Å². The molecule has 0 bridgehead atoms. The predicted octanol–water partition coefficient (Wildman–Crippen LogP) is 6.85. The maximum Gasteiger partial charge on any atom is 0.319 e. The van der Waals surface area contributed by atoms with E-state index in [1.165, 1.54) is 6.07 Å². The van der Waals surface area contributed by atoms with E-state index in [0.717, 1.165) is 36.8 Å². The third-order valence-electron chi connectivity index (χ3n) is 9.73. The van der Waals surface area contributed by atoms with E-state index in [-0.39, 0.29) is 91.5 Å². The molecule has 2 aromatic heterocycles. The van der Waals surface area contributed by atoms with Gasteiger partial charge in [0.1, 0.15) is 47.6 Å². The van der Waals surface area contributed by atoms with E-state index in [2.05, 4.69) is 14.9 Å². The third-order valence-corrected chi connectivity index (χ3v) is 11.1. The largest absolute Gasteiger partial charge is 0.489 e. The minimum Gasteiger partial charge on any atom is -0.489 e. The van der Waals surface area contributed by atoms with Crippen molar-refractivity contribution in [2.75, 3.05) is 43.5 Å². The number of hydrogen-bond donors (Lipinski definition) is 1. The monoisotopic (exact) mass is 676 g/mol. The lowest BCUT2D eigenvalue weighted by Gasteiger charge is -2.42. The SMILES string of the molecule is N#Cc1c(N)sc2c(F)ccc(-c3c(Cl)c4c5c(nc(OC[C@@]67CCCN6C[C@H](F)C7)nc5c3F)N(C3CC(F)(F)C3)CCO4)c12. The van der Waals surface area contributed by atoms with Crippen LogP contribution >= 0.6 is 22.9 Å². The van der Waals surface area contributed by atoms with E-state index in [4.69, 9.17) is 26.8 Å². The van der Waals surface area contributed by atoms with Gasteiger partial charge in [-0.15, -0.1) is 11.3 Å². The van der Waals surface area contributed by atoms with Crippen molar-refractivity contribution in [3.05, 3.63) is 34.4 Å². The highest BCUT2D eigenvalue weighted by molar-refractivity contribution is 7.23. The van der Waals surface area contributed by atoms with E-state index >= 15 is 4.39 Å². The van der Waals surface area contributed by atoms with Crippen LogP contribution in [0.15, 0.2) is 12.1 Å². The van der Waals surface area contributed by atoms with E-state index < -0.39 is 48.2 Å². The number of rotatable bonds is 5. The summed E-state index contributed by atoms with van der Waals surface area (Å²) in [7, 11) is 0. The van der Waals surface area contributed by atoms with Crippen molar-refractivity contribution < 1.29 is 31.4 Å². The van der Waals surface area contributed by atoms with Gasteiger partial charge in [0.05, 0.1) is 32.8 Å². The Balaban J connectivity index is 1.33. The number of nitrogens with zero attached hydrogens (tertiary/aromatic N) is 5. The molecule has 15 heteroatoms. The molecule has 240 valence electrons. The molecule has 8 rings (SSSR count). The van der Waals surface area contributed by atoms with Crippen molar-refractivity contribution in [3.8, 4) is 29.0 Å². The highest BCUT2D eigenvalue weighted by atomic mass is 35.5. The van der Waals surface area contributed by atoms with Crippen LogP contribution in [0.1, 0.15) is 37.7 Å². The molecule has 3 fully saturated rings. The molecule has 0 amide bonds. The smallest absolute Gasteiger partial charge is 0.319 e. The molecule has 2 atom stereocenters. The molecule has 0 spiro atoms. The van der Waals surface area contributed by atoms with Crippen molar-refractivity contribution in [1.29, 1.82) is 5.26 Å². The summed E-state index contributed by atoms with van der Waals surface area (Å²) in [6.07, 6.45) is 0.0469. The predicted molar refractivity (Wildman–Crippen MR) is 164 cm³/mol. The van der Waals surface area contributed by atoms with E-state index in [9.17, 15) is 22.8 Å². The zero-order valence-electron chi connectivity index (χ0n) is 24.2. The second-order valence-electron chi connectivity index (χ2n) is 12.5. The molecule has 2 N–H and O–H groups in total. The van der Waals surface area contributed by atoms with Crippen LogP contribution in [0.2, 0.25) is 5.02 Å². The summed E-state index contributed by atoms with van der Waals surface area (Å²) in [6.45, 7) is 1.26. The molecule has 2 saturated heterocycles. The first-order chi connectivity index (χ1) is 22.0. The Labute approximate surface area is 268 Å². The van der Waals surface area contributed by atoms with Gasteiger partial charge in [0.2, 0.25) is 0 Å². The molecule has 46 heavy (non-hydrogen) atoms. The lowest BCUT2D eigenvalue weighted by atomic mass is 9.86. The zero-order valence-corrected chi connectivity index (χ0v) is 25.8. The van der Waals surface area contributed by atoms with Gasteiger partial charge in [-0.25, -0.2) is 22.0 Å². The summed E-state index contributed by atoms with van der Waals surface area (Å²) in [4.78, 5) is 12.8. The summed E-state index contributed by atoms with van der Waals surface area (Å²) in [5.41, 5.74) is 5.13. The number of halogens is 6. The first-order valence-corrected chi connectivity index (χ1v) is 16.1. The summed E-state index contributed by atoms with van der Waals surface area (Å²) in [5.74, 6) is -4.24. The van der Waals surface area contributed by atoms with E-state index in [1.54, 1.807) is 4.90 Å². The molecule has 0 radical (unpaired) electrons. The average molecular weight is 677 g/mol. The number of fused-ring (bicyclic) bond motifs is 2. The number of aromatic nitrogens is 2. The van der Waals surface area contributed by atoms with Crippen molar-refractivity contribution >= 4 is 54.7 Å². The Morgan fingerprint density at radius 3 is 2.74 bits per heavy atom. The number of nitriles is 1. The Morgan fingerprint density at radius 2 is 1.98 bits per heavy atom. The minimum atomic E-state index is -2.84. The van der Waals surface area contributed by atoms with Crippen molar-refractivity contribution in [1.82, 2.24) is 14.9 Å². The molecule has 3 aliphatic heterocycles. The first kappa shape index (κ1) is 29.7. The fraction of sp³-hybridized carbons (Fsp3) is 0.452. The van der Waals surface area contributed by atoms with E-state index in [1.807, 2.05) is 6.07 Å². The number of ether oxygens (including phenoxy) is 2. The van der Waals surface area contributed by atoms with Crippen LogP contribution in [-0.4, -0.2) is 71.4 Å². The number of anilines is 2. The highest BCUT2D eigenvalue weighted by Gasteiger charge is 2.51. The molecule has 4 aromatic rings. The molecular formula is C31H26ClF5N6O2S. The topological polar surface area (TPSA) is 101 Å². The third kappa shape index (κ3) is 4.38.